The van der Waals surface area contributed by atoms with E-state index in [1.54, 1.807) is 10.7 Å². The molecule has 1 saturated carbocycles. The zero-order chi connectivity index (χ0) is 19.4. The third kappa shape index (κ3) is 2.93. The first-order valence-electron chi connectivity index (χ1n) is 9.22. The summed E-state index contributed by atoms with van der Waals surface area (Å²) >= 11 is 1.50. The number of amides is 2. The lowest BCUT2D eigenvalue weighted by Gasteiger charge is -2.17. The number of fused-ring (bicyclic) bond motifs is 2. The first-order valence-corrected chi connectivity index (χ1v) is 10.2. The Kier molecular flexibility index (Phi) is 3.90. The zero-order valence-electron chi connectivity index (χ0n) is 15.6. The summed E-state index contributed by atoms with van der Waals surface area (Å²) in [6.45, 7) is 1.89. The van der Waals surface area contributed by atoms with Gasteiger partial charge in [-0.2, -0.15) is 5.10 Å². The van der Waals surface area contributed by atoms with E-state index in [1.807, 2.05) is 32.2 Å². The van der Waals surface area contributed by atoms with Crippen molar-refractivity contribution in [2.75, 3.05) is 16.4 Å². The molecule has 7 nitrogen and oxygen atoms in total. The molecule has 142 valence electrons. The molecule has 1 aliphatic heterocycles. The van der Waals surface area contributed by atoms with Gasteiger partial charge >= 0.3 is 0 Å². The number of hydrogen-bond acceptors (Lipinski definition) is 5. The van der Waals surface area contributed by atoms with Crippen molar-refractivity contribution in [1.29, 1.82) is 0 Å². The number of thioether (sulfide) groups is 1. The summed E-state index contributed by atoms with van der Waals surface area (Å²) in [5.41, 5.74) is 4.44. The minimum atomic E-state index is -0.194. The van der Waals surface area contributed by atoms with E-state index in [1.165, 1.54) is 11.8 Å². The van der Waals surface area contributed by atoms with Crippen LogP contribution in [0, 0.1) is 6.92 Å². The van der Waals surface area contributed by atoms with E-state index in [4.69, 9.17) is 4.98 Å². The molecule has 2 aliphatic rings. The fourth-order valence-corrected chi connectivity index (χ4v) is 4.38. The molecule has 1 aliphatic carbocycles. The van der Waals surface area contributed by atoms with E-state index >= 15 is 0 Å². The summed E-state index contributed by atoms with van der Waals surface area (Å²) in [7, 11) is 1.85. The zero-order valence-corrected chi connectivity index (χ0v) is 16.4. The largest absolute Gasteiger partial charge is 0.324 e. The standard InChI is InChI=1S/C20H19N5O2S/c1-10-18-13(8-14(11-3-4-11)23-19(18)25(2)24-10)20(27)21-12-5-6-16-15(7-12)22-17(26)9-28-16/h5-8,11H,3-4,9H2,1-2H3,(H,21,27)(H,22,26). The first-order chi connectivity index (χ1) is 13.5. The number of hydrogen-bond donors (Lipinski definition) is 2. The van der Waals surface area contributed by atoms with Crippen LogP contribution in [-0.4, -0.2) is 32.3 Å². The lowest BCUT2D eigenvalue weighted by Crippen LogP contribution is -2.19. The summed E-state index contributed by atoms with van der Waals surface area (Å²) in [4.78, 5) is 30.5. The van der Waals surface area contributed by atoms with E-state index in [9.17, 15) is 9.59 Å². The van der Waals surface area contributed by atoms with Crippen LogP contribution < -0.4 is 10.6 Å². The molecule has 0 saturated heterocycles. The van der Waals surface area contributed by atoms with Crippen LogP contribution in [0.1, 0.15) is 40.5 Å². The lowest BCUT2D eigenvalue weighted by molar-refractivity contribution is -0.113. The molecule has 0 bridgehead atoms. The molecule has 3 heterocycles. The van der Waals surface area contributed by atoms with E-state index in [-0.39, 0.29) is 11.8 Å². The monoisotopic (exact) mass is 393 g/mol. The van der Waals surface area contributed by atoms with Gasteiger partial charge in [0.1, 0.15) is 0 Å². The highest BCUT2D eigenvalue weighted by atomic mass is 32.2. The Morgan fingerprint density at radius 3 is 2.93 bits per heavy atom. The van der Waals surface area contributed by atoms with Crippen LogP contribution >= 0.6 is 11.8 Å². The number of aryl methyl sites for hydroxylation is 2. The molecular formula is C20H19N5O2S. The van der Waals surface area contributed by atoms with Gasteiger partial charge in [0, 0.05) is 29.2 Å². The van der Waals surface area contributed by atoms with E-state index in [0.717, 1.165) is 45.8 Å². The number of benzene rings is 1. The number of aromatic nitrogens is 3. The van der Waals surface area contributed by atoms with Crippen molar-refractivity contribution in [3.8, 4) is 0 Å². The van der Waals surface area contributed by atoms with Crippen LogP contribution in [0.15, 0.2) is 29.2 Å². The second-order valence-corrected chi connectivity index (χ2v) is 8.30. The van der Waals surface area contributed by atoms with E-state index < -0.39 is 0 Å². The molecule has 1 aromatic carbocycles. The minimum Gasteiger partial charge on any atom is -0.324 e. The van der Waals surface area contributed by atoms with E-state index in [0.29, 0.717) is 22.9 Å². The van der Waals surface area contributed by atoms with Crippen molar-refractivity contribution in [2.24, 2.45) is 7.05 Å². The molecule has 0 unspecified atom stereocenters. The number of anilines is 2. The van der Waals surface area contributed by atoms with Gasteiger partial charge in [-0.3, -0.25) is 14.3 Å². The maximum Gasteiger partial charge on any atom is 0.256 e. The topological polar surface area (TPSA) is 88.9 Å². The fourth-order valence-electron chi connectivity index (χ4n) is 3.59. The molecule has 2 amide bonds. The number of pyridine rings is 1. The second-order valence-electron chi connectivity index (χ2n) is 7.28. The molecule has 0 spiro atoms. The van der Waals surface area contributed by atoms with Gasteiger partial charge in [0.15, 0.2) is 5.65 Å². The Morgan fingerprint density at radius 1 is 1.32 bits per heavy atom. The molecule has 5 rings (SSSR count). The first kappa shape index (κ1) is 17.2. The molecule has 2 N–H and O–H groups in total. The SMILES string of the molecule is Cc1nn(C)c2nc(C3CC3)cc(C(=O)Nc3ccc4c(c3)NC(=O)CS4)c12. The molecule has 8 heteroatoms. The number of nitrogens with zero attached hydrogens (tertiary/aromatic N) is 3. The molecule has 1 fully saturated rings. The van der Waals surface area contributed by atoms with Crippen LogP contribution in [0.5, 0.6) is 0 Å². The smallest absolute Gasteiger partial charge is 0.256 e. The highest BCUT2D eigenvalue weighted by Crippen LogP contribution is 2.40. The Balaban J connectivity index is 1.52. The average Bonchev–Trinajstić information content (AvgIpc) is 3.47. The van der Waals surface area contributed by atoms with Crippen LogP contribution in [0.3, 0.4) is 0 Å². The van der Waals surface area contributed by atoms with Gasteiger partial charge in [-0.05, 0) is 44.0 Å². The number of carbonyl (C=O) groups is 2. The van der Waals surface area contributed by atoms with Crippen molar-refractivity contribution in [3.05, 3.63) is 41.2 Å². The predicted molar refractivity (Wildman–Crippen MR) is 109 cm³/mol. The van der Waals surface area contributed by atoms with Gasteiger partial charge in [0.2, 0.25) is 5.91 Å². The van der Waals surface area contributed by atoms with Crippen LogP contribution in [0.4, 0.5) is 11.4 Å². The number of carbonyl (C=O) groups excluding carboxylic acids is 2. The Bertz CT molecular complexity index is 1150. The quantitative estimate of drug-likeness (QED) is 0.711. The normalized spacial score (nSPS) is 16.0. The molecular weight excluding hydrogens is 374 g/mol. The molecule has 3 aromatic rings. The van der Waals surface area contributed by atoms with Crippen molar-refractivity contribution < 1.29 is 9.59 Å². The van der Waals surface area contributed by atoms with Gasteiger partial charge in [-0.25, -0.2) is 4.98 Å². The summed E-state index contributed by atoms with van der Waals surface area (Å²) in [6, 6.07) is 7.48. The molecule has 0 atom stereocenters. The maximum atomic E-state index is 13.1. The molecule has 28 heavy (non-hydrogen) atoms. The Hall–Kier alpha value is -2.87. The summed E-state index contributed by atoms with van der Waals surface area (Å²) in [6.07, 6.45) is 2.22. The lowest BCUT2D eigenvalue weighted by atomic mass is 10.1. The van der Waals surface area contributed by atoms with Crippen molar-refractivity contribution >= 4 is 46.0 Å². The summed E-state index contributed by atoms with van der Waals surface area (Å²) in [5.74, 6) is 0.622. The van der Waals surface area contributed by atoms with Crippen molar-refractivity contribution in [3.63, 3.8) is 0 Å². The van der Waals surface area contributed by atoms with Crippen LogP contribution in [0.2, 0.25) is 0 Å². The third-order valence-corrected chi connectivity index (χ3v) is 6.17. The molecule has 2 aromatic heterocycles. The van der Waals surface area contributed by atoms with Gasteiger partial charge in [0.05, 0.1) is 28.1 Å². The van der Waals surface area contributed by atoms with Crippen LogP contribution in [-0.2, 0) is 11.8 Å². The van der Waals surface area contributed by atoms with Gasteiger partial charge in [0.25, 0.3) is 5.91 Å². The fraction of sp³-hybridized carbons (Fsp3) is 0.300. The van der Waals surface area contributed by atoms with Gasteiger partial charge in [-0.1, -0.05) is 0 Å². The number of rotatable bonds is 3. The average molecular weight is 393 g/mol. The Morgan fingerprint density at radius 2 is 2.14 bits per heavy atom. The summed E-state index contributed by atoms with van der Waals surface area (Å²) in [5, 5.41) is 11.1. The van der Waals surface area contributed by atoms with Crippen molar-refractivity contribution in [1.82, 2.24) is 14.8 Å². The maximum absolute atomic E-state index is 13.1. The third-order valence-electron chi connectivity index (χ3n) is 5.10. The highest BCUT2D eigenvalue weighted by Gasteiger charge is 2.28. The highest BCUT2D eigenvalue weighted by molar-refractivity contribution is 8.00. The second kappa shape index (κ2) is 6.34. The molecule has 0 radical (unpaired) electrons. The van der Waals surface area contributed by atoms with Crippen LogP contribution in [0.25, 0.3) is 11.0 Å². The predicted octanol–water partition coefficient (Wildman–Crippen LogP) is 3.45. The summed E-state index contributed by atoms with van der Waals surface area (Å²) < 4.78 is 1.74. The number of nitrogens with one attached hydrogen (secondary N) is 2. The van der Waals surface area contributed by atoms with Gasteiger partial charge < -0.3 is 10.6 Å². The minimum absolute atomic E-state index is 0.0307. The Labute approximate surface area is 165 Å². The van der Waals surface area contributed by atoms with Gasteiger partial charge in [-0.15, -0.1) is 11.8 Å². The van der Waals surface area contributed by atoms with E-state index in [2.05, 4.69) is 15.7 Å². The van der Waals surface area contributed by atoms with Crippen molar-refractivity contribution in [2.45, 2.75) is 30.6 Å².